The van der Waals surface area contributed by atoms with Crippen LogP contribution in [0.25, 0.3) is 0 Å². The quantitative estimate of drug-likeness (QED) is 0.302. The highest BCUT2D eigenvalue weighted by Gasteiger charge is 2.05. The average molecular weight is 326 g/mol. The van der Waals surface area contributed by atoms with Gasteiger partial charge in [-0.05, 0) is 32.1 Å². The molecule has 0 aromatic heterocycles. The molecule has 0 unspecified atom stereocenters. The molecule has 4 nitrogen and oxygen atoms in total. The Labute approximate surface area is 141 Å². The second-order valence-electron chi connectivity index (χ2n) is 6.23. The number of methoxy groups -OCH3 is 1. The lowest BCUT2D eigenvalue weighted by molar-refractivity contribution is -0.140. The van der Waals surface area contributed by atoms with Crippen LogP contribution in [-0.2, 0) is 19.1 Å². The van der Waals surface area contributed by atoms with Crippen LogP contribution >= 0.6 is 0 Å². The molecule has 23 heavy (non-hydrogen) atoms. The number of ketones is 2. The van der Waals surface area contributed by atoms with Gasteiger partial charge in [0.15, 0.2) is 0 Å². The summed E-state index contributed by atoms with van der Waals surface area (Å²) < 4.78 is 4.57. The van der Waals surface area contributed by atoms with Crippen molar-refractivity contribution in [1.82, 2.24) is 0 Å². The highest BCUT2D eigenvalue weighted by Crippen LogP contribution is 2.10. The van der Waals surface area contributed by atoms with E-state index in [1.165, 1.54) is 20.0 Å². The Bertz CT molecular complexity index is 336. The van der Waals surface area contributed by atoms with E-state index in [0.717, 1.165) is 44.9 Å². The molecule has 0 aliphatic rings. The second kappa shape index (κ2) is 15.7. The summed E-state index contributed by atoms with van der Waals surface area (Å²) in [7, 11) is 1.39. The van der Waals surface area contributed by atoms with Gasteiger partial charge < -0.3 is 4.74 Å². The number of carbonyl (C=O) groups excluding carboxylic acids is 3. The van der Waals surface area contributed by atoms with Crippen LogP contribution in [0.15, 0.2) is 0 Å². The predicted molar refractivity (Wildman–Crippen MR) is 92.3 cm³/mol. The van der Waals surface area contributed by atoms with Crippen molar-refractivity contribution in [3.8, 4) is 0 Å². The van der Waals surface area contributed by atoms with Crippen LogP contribution in [0.4, 0.5) is 0 Å². The average Bonchev–Trinajstić information content (AvgIpc) is 2.55. The molecule has 0 rings (SSSR count). The van der Waals surface area contributed by atoms with E-state index < -0.39 is 0 Å². The van der Waals surface area contributed by atoms with Crippen LogP contribution in [0.1, 0.15) is 96.8 Å². The molecule has 0 N–H and O–H groups in total. The minimum absolute atomic E-state index is 0.185. The zero-order valence-corrected chi connectivity index (χ0v) is 15.0. The van der Waals surface area contributed by atoms with Crippen LogP contribution in [-0.4, -0.2) is 24.6 Å². The molecule has 0 fully saturated rings. The Morgan fingerprint density at radius 1 is 0.609 bits per heavy atom. The summed E-state index contributed by atoms with van der Waals surface area (Å²) in [4.78, 5) is 34.3. The topological polar surface area (TPSA) is 60.4 Å². The van der Waals surface area contributed by atoms with Gasteiger partial charge >= 0.3 is 5.97 Å². The third-order valence-corrected chi connectivity index (χ3v) is 4.03. The highest BCUT2D eigenvalue weighted by molar-refractivity contribution is 5.79. The van der Waals surface area contributed by atoms with Gasteiger partial charge in [0.1, 0.15) is 11.6 Å². The van der Waals surface area contributed by atoms with Crippen molar-refractivity contribution in [2.24, 2.45) is 0 Å². The van der Waals surface area contributed by atoms with Crippen molar-refractivity contribution in [3.63, 3.8) is 0 Å². The molecule has 0 aromatic carbocycles. The first-order valence-corrected chi connectivity index (χ1v) is 9.20. The van der Waals surface area contributed by atoms with E-state index in [9.17, 15) is 14.4 Å². The van der Waals surface area contributed by atoms with E-state index in [2.05, 4.69) is 11.7 Å². The molecule has 0 heterocycles. The first-order valence-electron chi connectivity index (χ1n) is 9.20. The third kappa shape index (κ3) is 15.5. The number of hydrogen-bond donors (Lipinski definition) is 0. The molecule has 0 aliphatic carbocycles. The van der Waals surface area contributed by atoms with Crippen molar-refractivity contribution < 1.29 is 19.1 Å². The molecular formula is C19H34O4. The Morgan fingerprint density at radius 3 is 1.43 bits per heavy atom. The number of unbranched alkanes of at least 4 members (excludes halogenated alkanes) is 6. The second-order valence-corrected chi connectivity index (χ2v) is 6.23. The summed E-state index contributed by atoms with van der Waals surface area (Å²) in [6.07, 6.45) is 11.7. The lowest BCUT2D eigenvalue weighted by Gasteiger charge is -2.03. The van der Waals surface area contributed by atoms with Gasteiger partial charge in [-0.15, -0.1) is 0 Å². The Kier molecular flexibility index (Phi) is 14.9. The van der Waals surface area contributed by atoms with E-state index in [4.69, 9.17) is 0 Å². The fraction of sp³-hybridized carbons (Fsp3) is 0.842. The van der Waals surface area contributed by atoms with Gasteiger partial charge in [-0.2, -0.15) is 0 Å². The molecule has 0 atom stereocenters. The number of Topliss-reactive ketones (excluding diaryl/α,β-unsaturated/α-hetero) is 2. The van der Waals surface area contributed by atoms with Gasteiger partial charge in [-0.1, -0.05) is 32.6 Å². The van der Waals surface area contributed by atoms with E-state index in [1.807, 2.05) is 0 Å². The first-order chi connectivity index (χ1) is 11.1. The molecule has 4 heteroatoms. The van der Waals surface area contributed by atoms with Gasteiger partial charge in [0.25, 0.3) is 0 Å². The van der Waals surface area contributed by atoms with E-state index >= 15 is 0 Å². The van der Waals surface area contributed by atoms with Crippen LogP contribution in [0.2, 0.25) is 0 Å². The van der Waals surface area contributed by atoms with Crippen molar-refractivity contribution in [2.45, 2.75) is 96.8 Å². The van der Waals surface area contributed by atoms with Crippen molar-refractivity contribution >= 4 is 17.5 Å². The number of rotatable bonds is 16. The van der Waals surface area contributed by atoms with Crippen LogP contribution in [0.3, 0.4) is 0 Å². The number of esters is 1. The number of carbonyl (C=O) groups is 3. The summed E-state index contributed by atoms with van der Waals surface area (Å²) in [5, 5.41) is 0. The fourth-order valence-electron chi connectivity index (χ4n) is 2.51. The predicted octanol–water partition coefficient (Wildman–Crippen LogP) is 4.78. The van der Waals surface area contributed by atoms with Gasteiger partial charge in [-0.25, -0.2) is 0 Å². The van der Waals surface area contributed by atoms with Crippen molar-refractivity contribution in [1.29, 1.82) is 0 Å². The smallest absolute Gasteiger partial charge is 0.305 e. The summed E-state index contributed by atoms with van der Waals surface area (Å²) in [6.45, 7) is 2.16. The Hall–Kier alpha value is -1.19. The van der Waals surface area contributed by atoms with Crippen molar-refractivity contribution in [3.05, 3.63) is 0 Å². The normalized spacial score (nSPS) is 10.5. The fourth-order valence-corrected chi connectivity index (χ4v) is 2.51. The maximum absolute atomic E-state index is 11.7. The Morgan fingerprint density at radius 2 is 1.00 bits per heavy atom. The van der Waals surface area contributed by atoms with Crippen LogP contribution < -0.4 is 0 Å². The molecule has 0 radical (unpaired) electrons. The summed E-state index contributed by atoms with van der Waals surface area (Å²) in [6, 6.07) is 0. The molecule has 0 aliphatic heterocycles. The molecule has 0 amide bonds. The monoisotopic (exact) mass is 326 g/mol. The van der Waals surface area contributed by atoms with Gasteiger partial charge in [-0.3, -0.25) is 14.4 Å². The largest absolute Gasteiger partial charge is 0.469 e. The first kappa shape index (κ1) is 21.8. The molecule has 0 aromatic rings. The maximum Gasteiger partial charge on any atom is 0.305 e. The molecule has 0 saturated carbocycles. The van der Waals surface area contributed by atoms with Gasteiger partial charge in [0, 0.05) is 32.1 Å². The highest BCUT2D eigenvalue weighted by atomic mass is 16.5. The SMILES string of the molecule is CCCCCCC(=O)CCCCC(=O)CCCCCC(=O)OC. The Balaban J connectivity index is 3.39. The molecule has 134 valence electrons. The van der Waals surface area contributed by atoms with Crippen LogP contribution in [0.5, 0.6) is 0 Å². The summed E-state index contributed by atoms with van der Waals surface area (Å²) >= 11 is 0. The lowest BCUT2D eigenvalue weighted by atomic mass is 10.0. The minimum Gasteiger partial charge on any atom is -0.469 e. The van der Waals surface area contributed by atoms with Gasteiger partial charge in [0.05, 0.1) is 7.11 Å². The molecule has 0 bridgehead atoms. The third-order valence-electron chi connectivity index (χ3n) is 4.03. The van der Waals surface area contributed by atoms with Crippen LogP contribution in [0, 0.1) is 0 Å². The zero-order chi connectivity index (χ0) is 17.3. The van der Waals surface area contributed by atoms with Gasteiger partial charge in [0.2, 0.25) is 0 Å². The van der Waals surface area contributed by atoms with E-state index in [1.54, 1.807) is 0 Å². The van der Waals surface area contributed by atoms with Crippen molar-refractivity contribution in [2.75, 3.05) is 7.11 Å². The minimum atomic E-state index is -0.185. The van der Waals surface area contributed by atoms with E-state index in [-0.39, 0.29) is 11.8 Å². The summed E-state index contributed by atoms with van der Waals surface area (Å²) in [5.74, 6) is 0.436. The lowest BCUT2D eigenvalue weighted by Crippen LogP contribution is -2.02. The number of hydrogen-bond acceptors (Lipinski definition) is 4. The molecule has 0 spiro atoms. The molecule has 0 saturated heterocycles. The zero-order valence-electron chi connectivity index (χ0n) is 15.0. The number of ether oxygens (including phenoxy) is 1. The summed E-state index contributed by atoms with van der Waals surface area (Å²) in [5.41, 5.74) is 0. The van der Waals surface area contributed by atoms with E-state index in [0.29, 0.717) is 37.9 Å². The molecular weight excluding hydrogens is 292 g/mol. The maximum atomic E-state index is 11.7. The standard InChI is InChI=1S/C19H34O4/c1-3-4-5-7-12-17(20)14-10-11-15-18(21)13-8-6-9-16-19(22)23-2/h3-16H2,1-2H3.